The van der Waals surface area contributed by atoms with Gasteiger partial charge in [-0.15, -0.1) is 0 Å². The molecule has 10 heteroatoms. The molecule has 0 saturated carbocycles. The number of carbonyl (C=O) groups is 2. The Labute approximate surface area is 163 Å². The molecule has 1 aliphatic rings. The summed E-state index contributed by atoms with van der Waals surface area (Å²) >= 11 is 0. The lowest BCUT2D eigenvalue weighted by atomic mass is 10.2. The van der Waals surface area contributed by atoms with E-state index < -0.39 is 21.7 Å². The average Bonchev–Trinajstić information content (AvgIpc) is 3.12. The first-order chi connectivity index (χ1) is 13.3. The van der Waals surface area contributed by atoms with Gasteiger partial charge in [0, 0.05) is 25.8 Å². The van der Waals surface area contributed by atoms with E-state index in [0.717, 1.165) is 5.56 Å². The Morgan fingerprint density at radius 1 is 1.18 bits per heavy atom. The second-order valence-corrected chi connectivity index (χ2v) is 8.67. The van der Waals surface area contributed by atoms with E-state index in [0.29, 0.717) is 36.5 Å². The first-order valence-electron chi connectivity index (χ1n) is 8.77. The lowest BCUT2D eigenvalue weighted by Gasteiger charge is -2.11. The Kier molecular flexibility index (Phi) is 5.80. The van der Waals surface area contributed by atoms with Gasteiger partial charge in [-0.1, -0.05) is 17.7 Å². The van der Waals surface area contributed by atoms with Gasteiger partial charge in [-0.3, -0.25) is 9.59 Å². The summed E-state index contributed by atoms with van der Waals surface area (Å²) in [6, 6.07) is 7.39. The molecule has 0 radical (unpaired) electrons. The number of hydrogen-bond acceptors (Lipinski definition) is 6. The van der Waals surface area contributed by atoms with Gasteiger partial charge in [0.05, 0.1) is 22.9 Å². The molecule has 0 atom stereocenters. The maximum absolute atomic E-state index is 12.3. The molecule has 9 nitrogen and oxygen atoms in total. The summed E-state index contributed by atoms with van der Waals surface area (Å²) in [5.41, 5.74) is 2.51. The van der Waals surface area contributed by atoms with Crippen molar-refractivity contribution < 1.29 is 22.7 Å². The van der Waals surface area contributed by atoms with Crippen LogP contribution in [0.25, 0.3) is 5.69 Å². The average molecular weight is 406 g/mol. The summed E-state index contributed by atoms with van der Waals surface area (Å²) in [7, 11) is -1.76. The van der Waals surface area contributed by atoms with Gasteiger partial charge < -0.3 is 15.4 Å². The number of benzene rings is 1. The van der Waals surface area contributed by atoms with Gasteiger partial charge in [0.1, 0.15) is 5.82 Å². The fourth-order valence-corrected chi connectivity index (χ4v) is 4.40. The minimum Gasteiger partial charge on any atom is -0.385 e. The number of ether oxygens (including phenoxy) is 1. The highest BCUT2D eigenvalue weighted by molar-refractivity contribution is 7.90. The van der Waals surface area contributed by atoms with Crippen molar-refractivity contribution in [3.05, 3.63) is 41.1 Å². The van der Waals surface area contributed by atoms with E-state index in [-0.39, 0.29) is 17.3 Å². The first kappa shape index (κ1) is 20.0. The molecule has 2 N–H and O–H groups in total. The first-order valence-corrected chi connectivity index (χ1v) is 10.6. The van der Waals surface area contributed by atoms with Crippen LogP contribution < -0.4 is 10.6 Å². The highest BCUT2D eigenvalue weighted by atomic mass is 32.2. The van der Waals surface area contributed by atoms with E-state index in [2.05, 4.69) is 15.7 Å². The SMILES string of the molecule is COCCCNC(=O)C(=O)Nc1c2c(nn1-c1ccc(C)cc1)CS(=O)(=O)C2. The third-order valence-corrected chi connectivity index (χ3v) is 5.76. The van der Waals surface area contributed by atoms with Crippen molar-refractivity contribution in [2.75, 3.05) is 25.6 Å². The van der Waals surface area contributed by atoms with Crippen molar-refractivity contribution >= 4 is 27.5 Å². The lowest BCUT2D eigenvalue weighted by Crippen LogP contribution is -2.36. The van der Waals surface area contributed by atoms with Crippen molar-refractivity contribution in [3.63, 3.8) is 0 Å². The lowest BCUT2D eigenvalue weighted by molar-refractivity contribution is -0.136. The molecule has 2 aromatic rings. The van der Waals surface area contributed by atoms with Gasteiger partial charge in [0.15, 0.2) is 9.84 Å². The van der Waals surface area contributed by atoms with Crippen molar-refractivity contribution in [1.82, 2.24) is 15.1 Å². The summed E-state index contributed by atoms with van der Waals surface area (Å²) in [4.78, 5) is 24.4. The second-order valence-electron chi connectivity index (χ2n) is 6.61. The highest BCUT2D eigenvalue weighted by Crippen LogP contribution is 2.32. The predicted octanol–water partition coefficient (Wildman–Crippen LogP) is 0.700. The Morgan fingerprint density at radius 3 is 2.57 bits per heavy atom. The number of aryl methyl sites for hydroxylation is 1. The zero-order valence-corrected chi connectivity index (χ0v) is 16.5. The third-order valence-electron chi connectivity index (χ3n) is 4.32. The number of hydrogen-bond donors (Lipinski definition) is 2. The van der Waals surface area contributed by atoms with Crippen LogP contribution >= 0.6 is 0 Å². The Hall–Kier alpha value is -2.72. The monoisotopic (exact) mass is 406 g/mol. The highest BCUT2D eigenvalue weighted by Gasteiger charge is 2.33. The van der Waals surface area contributed by atoms with Crippen LogP contribution in [-0.4, -0.2) is 50.3 Å². The van der Waals surface area contributed by atoms with Gasteiger partial charge >= 0.3 is 11.8 Å². The summed E-state index contributed by atoms with van der Waals surface area (Å²) < 4.78 is 30.3. The number of carbonyl (C=O) groups excluding carboxylic acids is 2. The van der Waals surface area contributed by atoms with Crippen LogP contribution in [0, 0.1) is 6.92 Å². The molecule has 0 bridgehead atoms. The van der Waals surface area contributed by atoms with Crippen molar-refractivity contribution in [2.45, 2.75) is 24.9 Å². The number of fused-ring (bicyclic) bond motifs is 1. The van der Waals surface area contributed by atoms with Gasteiger partial charge in [-0.2, -0.15) is 5.10 Å². The molecule has 1 aliphatic heterocycles. The molecule has 2 heterocycles. The maximum atomic E-state index is 12.3. The van der Waals surface area contributed by atoms with E-state index >= 15 is 0 Å². The van der Waals surface area contributed by atoms with Crippen LogP contribution in [0.15, 0.2) is 24.3 Å². The Bertz CT molecular complexity index is 996. The molecule has 1 aromatic heterocycles. The Morgan fingerprint density at radius 2 is 1.89 bits per heavy atom. The third kappa shape index (κ3) is 4.39. The minimum atomic E-state index is -3.31. The van der Waals surface area contributed by atoms with Crippen LogP contribution in [0.2, 0.25) is 0 Å². The van der Waals surface area contributed by atoms with Gasteiger partial charge in [-0.25, -0.2) is 13.1 Å². The molecule has 0 spiro atoms. The van der Waals surface area contributed by atoms with Crippen molar-refractivity contribution in [1.29, 1.82) is 0 Å². The Balaban J connectivity index is 1.85. The van der Waals surface area contributed by atoms with E-state index in [4.69, 9.17) is 4.74 Å². The predicted molar refractivity (Wildman–Crippen MR) is 103 cm³/mol. The molecule has 0 unspecified atom stereocenters. The number of aromatic nitrogens is 2. The number of nitrogens with zero attached hydrogens (tertiary/aromatic N) is 2. The molecule has 28 heavy (non-hydrogen) atoms. The van der Waals surface area contributed by atoms with Gasteiger partial charge in [0.2, 0.25) is 0 Å². The quantitative estimate of drug-likeness (QED) is 0.538. The molecule has 1 aromatic carbocycles. The van der Waals surface area contributed by atoms with Crippen LogP contribution in [-0.2, 0) is 35.7 Å². The number of sulfone groups is 1. The zero-order chi connectivity index (χ0) is 20.3. The summed E-state index contributed by atoms with van der Waals surface area (Å²) in [5, 5.41) is 9.40. The topological polar surface area (TPSA) is 119 Å². The largest absolute Gasteiger partial charge is 0.385 e. The summed E-state index contributed by atoms with van der Waals surface area (Å²) in [6.07, 6.45) is 0.574. The van der Waals surface area contributed by atoms with Crippen LogP contribution in [0.1, 0.15) is 23.2 Å². The molecule has 0 aliphatic carbocycles. The number of anilines is 1. The summed E-state index contributed by atoms with van der Waals surface area (Å²) in [5.74, 6) is -1.89. The molecular formula is C18H22N4O5S. The van der Waals surface area contributed by atoms with Crippen molar-refractivity contribution in [2.24, 2.45) is 0 Å². The minimum absolute atomic E-state index is 0.187. The number of rotatable bonds is 6. The van der Waals surface area contributed by atoms with E-state index in [1.807, 2.05) is 31.2 Å². The van der Waals surface area contributed by atoms with E-state index in [1.165, 1.54) is 4.68 Å². The van der Waals surface area contributed by atoms with Crippen LogP contribution in [0.5, 0.6) is 0 Å². The molecular weight excluding hydrogens is 384 g/mol. The van der Waals surface area contributed by atoms with Crippen LogP contribution in [0.3, 0.4) is 0 Å². The second kappa shape index (κ2) is 8.11. The fourth-order valence-electron chi connectivity index (χ4n) is 2.91. The van der Waals surface area contributed by atoms with Crippen LogP contribution in [0.4, 0.5) is 5.82 Å². The van der Waals surface area contributed by atoms with E-state index in [1.54, 1.807) is 7.11 Å². The summed E-state index contributed by atoms with van der Waals surface area (Å²) in [6.45, 7) is 2.70. The van der Waals surface area contributed by atoms with Gasteiger partial charge in [-0.05, 0) is 25.5 Å². The van der Waals surface area contributed by atoms with Gasteiger partial charge in [0.25, 0.3) is 0 Å². The number of methoxy groups -OCH3 is 1. The zero-order valence-electron chi connectivity index (χ0n) is 15.7. The molecule has 0 saturated heterocycles. The standard InChI is InChI=1S/C18H22N4O5S/c1-12-4-6-13(7-5-12)22-16(14-10-28(25,26)11-15(14)21-22)20-18(24)17(23)19-8-3-9-27-2/h4-7H,3,8-11H2,1-2H3,(H,19,23)(H,20,24). The normalized spacial score (nSPS) is 14.5. The number of amides is 2. The molecule has 0 fully saturated rings. The van der Waals surface area contributed by atoms with Crippen molar-refractivity contribution in [3.8, 4) is 5.69 Å². The molecule has 150 valence electrons. The molecule has 3 rings (SSSR count). The molecule has 2 amide bonds. The maximum Gasteiger partial charge on any atom is 0.314 e. The fraction of sp³-hybridized carbons (Fsp3) is 0.389. The number of nitrogens with one attached hydrogen (secondary N) is 2. The van der Waals surface area contributed by atoms with E-state index in [9.17, 15) is 18.0 Å². The smallest absolute Gasteiger partial charge is 0.314 e.